The number of benzene rings is 1. The highest BCUT2D eigenvalue weighted by molar-refractivity contribution is 5.94. The van der Waals surface area contributed by atoms with Crippen LogP contribution in [0.15, 0.2) is 18.2 Å². The van der Waals surface area contributed by atoms with E-state index >= 15 is 0 Å². The largest absolute Gasteiger partial charge is 0.497 e. The molecule has 90 valence electrons. The molecule has 1 rings (SSSR count). The third-order valence-electron chi connectivity index (χ3n) is 2.21. The van der Waals surface area contributed by atoms with Gasteiger partial charge < -0.3 is 14.8 Å². The minimum atomic E-state index is -0.702. The number of methoxy groups -OCH3 is 2. The van der Waals surface area contributed by atoms with Gasteiger partial charge in [0.1, 0.15) is 17.4 Å². The lowest BCUT2D eigenvalue weighted by Crippen LogP contribution is -2.18. The number of nitrogens with zero attached hydrogens (tertiary/aromatic N) is 1. The van der Waals surface area contributed by atoms with Crippen molar-refractivity contribution in [3.63, 3.8) is 0 Å². The molecule has 5 heteroatoms. The van der Waals surface area contributed by atoms with Crippen LogP contribution >= 0.6 is 0 Å². The number of carbonyl (C=O) groups excluding carboxylic acids is 1. The summed E-state index contributed by atoms with van der Waals surface area (Å²) in [5.74, 6) is 0.0866. The van der Waals surface area contributed by atoms with Crippen LogP contribution in [-0.2, 0) is 4.79 Å². The average Bonchev–Trinajstić information content (AvgIpc) is 2.36. The van der Waals surface area contributed by atoms with Gasteiger partial charge in [-0.1, -0.05) is 0 Å². The molecule has 1 aromatic carbocycles. The molecule has 1 atom stereocenters. The van der Waals surface area contributed by atoms with Crippen molar-refractivity contribution in [3.8, 4) is 17.6 Å². The number of nitrogens with one attached hydrogen (secondary N) is 1. The molecule has 1 N–H and O–H groups in total. The lowest BCUT2D eigenvalue weighted by Gasteiger charge is -2.10. The van der Waals surface area contributed by atoms with Crippen LogP contribution in [0.5, 0.6) is 11.5 Å². The molecular formula is C12H14N2O3. The van der Waals surface area contributed by atoms with Crippen molar-refractivity contribution in [1.29, 1.82) is 5.26 Å². The van der Waals surface area contributed by atoms with Gasteiger partial charge in [-0.15, -0.1) is 0 Å². The van der Waals surface area contributed by atoms with Crippen LogP contribution in [-0.4, -0.2) is 20.1 Å². The van der Waals surface area contributed by atoms with Crippen molar-refractivity contribution in [2.24, 2.45) is 5.92 Å². The summed E-state index contributed by atoms with van der Waals surface area (Å²) in [6.45, 7) is 1.53. The summed E-state index contributed by atoms with van der Waals surface area (Å²) in [6, 6.07) is 6.88. The lowest BCUT2D eigenvalue weighted by molar-refractivity contribution is -0.117. The molecule has 5 nitrogen and oxygen atoms in total. The Hall–Kier alpha value is -2.22. The van der Waals surface area contributed by atoms with Crippen LogP contribution in [0, 0.1) is 17.2 Å². The Morgan fingerprint density at radius 3 is 2.24 bits per heavy atom. The van der Waals surface area contributed by atoms with E-state index < -0.39 is 5.92 Å². The second-order valence-corrected chi connectivity index (χ2v) is 3.44. The van der Waals surface area contributed by atoms with Crippen molar-refractivity contribution in [2.45, 2.75) is 6.92 Å². The predicted octanol–water partition coefficient (Wildman–Crippen LogP) is 1.80. The molecule has 0 aliphatic rings. The SMILES string of the molecule is COc1cc(NC(=O)C(C)C#N)cc(OC)c1. The molecular weight excluding hydrogens is 220 g/mol. The maximum absolute atomic E-state index is 11.5. The van der Waals surface area contributed by atoms with Gasteiger partial charge in [0.05, 0.1) is 20.3 Å². The van der Waals surface area contributed by atoms with Crippen LogP contribution in [0.25, 0.3) is 0 Å². The van der Waals surface area contributed by atoms with E-state index in [4.69, 9.17) is 14.7 Å². The molecule has 0 saturated carbocycles. The van der Waals surface area contributed by atoms with Gasteiger partial charge in [-0.25, -0.2) is 0 Å². The molecule has 0 fully saturated rings. The number of anilines is 1. The third-order valence-corrected chi connectivity index (χ3v) is 2.21. The third kappa shape index (κ3) is 3.38. The summed E-state index contributed by atoms with van der Waals surface area (Å²) in [6.07, 6.45) is 0. The van der Waals surface area contributed by atoms with E-state index in [-0.39, 0.29) is 5.91 Å². The number of ether oxygens (including phenoxy) is 2. The quantitative estimate of drug-likeness (QED) is 0.862. The number of rotatable bonds is 4. The highest BCUT2D eigenvalue weighted by atomic mass is 16.5. The van der Waals surface area contributed by atoms with Crippen LogP contribution in [0.3, 0.4) is 0 Å². The fourth-order valence-corrected chi connectivity index (χ4v) is 1.19. The fraction of sp³-hybridized carbons (Fsp3) is 0.333. The van der Waals surface area contributed by atoms with Crippen LogP contribution in [0.2, 0.25) is 0 Å². The van der Waals surface area contributed by atoms with Gasteiger partial charge in [0.25, 0.3) is 0 Å². The van der Waals surface area contributed by atoms with Gasteiger partial charge in [0.2, 0.25) is 5.91 Å². The maximum atomic E-state index is 11.5. The first-order valence-corrected chi connectivity index (χ1v) is 5.04. The predicted molar refractivity (Wildman–Crippen MR) is 63.0 cm³/mol. The molecule has 1 amide bonds. The van der Waals surface area contributed by atoms with Gasteiger partial charge in [0.15, 0.2) is 0 Å². The number of hydrogen-bond acceptors (Lipinski definition) is 4. The molecule has 1 aromatic rings. The van der Waals surface area contributed by atoms with Crippen molar-refractivity contribution in [1.82, 2.24) is 0 Å². The van der Waals surface area contributed by atoms with Crippen LogP contribution in [0.4, 0.5) is 5.69 Å². The zero-order chi connectivity index (χ0) is 12.8. The van der Waals surface area contributed by atoms with E-state index in [1.807, 2.05) is 6.07 Å². The lowest BCUT2D eigenvalue weighted by atomic mass is 10.2. The van der Waals surface area contributed by atoms with Gasteiger partial charge in [-0.3, -0.25) is 4.79 Å². The first-order valence-electron chi connectivity index (χ1n) is 5.04. The van der Waals surface area contributed by atoms with E-state index in [0.717, 1.165) is 0 Å². The molecule has 17 heavy (non-hydrogen) atoms. The normalized spacial score (nSPS) is 11.2. The maximum Gasteiger partial charge on any atom is 0.241 e. The van der Waals surface area contributed by atoms with Gasteiger partial charge in [0, 0.05) is 23.9 Å². The fourth-order valence-electron chi connectivity index (χ4n) is 1.19. The minimum Gasteiger partial charge on any atom is -0.497 e. The van der Waals surface area contributed by atoms with E-state index in [9.17, 15) is 4.79 Å². The highest BCUT2D eigenvalue weighted by Gasteiger charge is 2.12. The number of carbonyl (C=O) groups is 1. The van der Waals surface area contributed by atoms with Crippen LogP contribution in [0.1, 0.15) is 6.92 Å². The zero-order valence-corrected chi connectivity index (χ0v) is 9.98. The standard InChI is InChI=1S/C12H14N2O3/c1-8(7-13)12(15)14-9-4-10(16-2)6-11(5-9)17-3/h4-6,8H,1-3H3,(H,14,15). The van der Waals surface area contributed by atoms with Gasteiger partial charge >= 0.3 is 0 Å². The molecule has 0 saturated heterocycles. The number of amides is 1. The van der Waals surface area contributed by atoms with Crippen molar-refractivity contribution >= 4 is 11.6 Å². The summed E-state index contributed by atoms with van der Waals surface area (Å²) >= 11 is 0. The Morgan fingerprint density at radius 2 is 1.82 bits per heavy atom. The van der Waals surface area contributed by atoms with E-state index in [2.05, 4.69) is 5.32 Å². The first kappa shape index (κ1) is 12.8. The van der Waals surface area contributed by atoms with Crippen molar-refractivity contribution in [3.05, 3.63) is 18.2 Å². The summed E-state index contributed by atoms with van der Waals surface area (Å²) in [7, 11) is 3.05. The zero-order valence-electron chi connectivity index (χ0n) is 9.98. The minimum absolute atomic E-state index is 0.359. The summed E-state index contributed by atoms with van der Waals surface area (Å²) in [4.78, 5) is 11.5. The topological polar surface area (TPSA) is 71.3 Å². The summed E-state index contributed by atoms with van der Waals surface area (Å²) in [5, 5.41) is 11.2. The molecule has 1 unspecified atom stereocenters. The highest BCUT2D eigenvalue weighted by Crippen LogP contribution is 2.25. The Bertz CT molecular complexity index is 429. The molecule has 0 heterocycles. The van der Waals surface area contributed by atoms with E-state index in [0.29, 0.717) is 17.2 Å². The Balaban J connectivity index is 2.91. The van der Waals surface area contributed by atoms with Crippen molar-refractivity contribution in [2.75, 3.05) is 19.5 Å². The smallest absolute Gasteiger partial charge is 0.241 e. The van der Waals surface area contributed by atoms with Crippen molar-refractivity contribution < 1.29 is 14.3 Å². The Kier molecular flexibility index (Phi) is 4.35. The number of hydrogen-bond donors (Lipinski definition) is 1. The summed E-state index contributed by atoms with van der Waals surface area (Å²) in [5.41, 5.74) is 0.535. The monoisotopic (exact) mass is 234 g/mol. The Labute approximate surface area is 100.0 Å². The van der Waals surface area contributed by atoms with E-state index in [1.54, 1.807) is 18.2 Å². The number of nitriles is 1. The molecule has 0 bridgehead atoms. The average molecular weight is 234 g/mol. The second kappa shape index (κ2) is 5.75. The van der Waals surface area contributed by atoms with Gasteiger partial charge in [-0.2, -0.15) is 5.26 Å². The Morgan fingerprint density at radius 1 is 1.29 bits per heavy atom. The molecule has 0 spiro atoms. The molecule has 0 aliphatic carbocycles. The first-order chi connectivity index (χ1) is 8.10. The molecule has 0 radical (unpaired) electrons. The van der Waals surface area contributed by atoms with Gasteiger partial charge in [-0.05, 0) is 6.92 Å². The second-order valence-electron chi connectivity index (χ2n) is 3.44. The van der Waals surface area contributed by atoms with Crippen LogP contribution < -0.4 is 14.8 Å². The summed E-state index contributed by atoms with van der Waals surface area (Å²) < 4.78 is 10.1. The molecule has 0 aliphatic heterocycles. The molecule has 0 aromatic heterocycles. The van der Waals surface area contributed by atoms with E-state index in [1.165, 1.54) is 21.1 Å².